The Morgan fingerprint density at radius 3 is 2.03 bits per heavy atom. The quantitative estimate of drug-likeness (QED) is 0.460. The second-order valence-corrected chi connectivity index (χ2v) is 8.57. The first-order valence-electron chi connectivity index (χ1n) is 10.9. The second kappa shape index (κ2) is 9.53. The molecule has 3 aromatic carbocycles. The smallest absolute Gasteiger partial charge is 0.283 e. The summed E-state index contributed by atoms with van der Waals surface area (Å²) in [5.41, 5.74) is 5.23. The summed E-state index contributed by atoms with van der Waals surface area (Å²) >= 11 is 6.23. The van der Waals surface area contributed by atoms with Gasteiger partial charge in [0.25, 0.3) is 17.7 Å². The summed E-state index contributed by atoms with van der Waals surface area (Å²) in [4.78, 5) is 39.4. The van der Waals surface area contributed by atoms with E-state index >= 15 is 0 Å². The molecular weight excluding hydrogens is 450 g/mol. The molecule has 34 heavy (non-hydrogen) atoms. The van der Waals surface area contributed by atoms with Gasteiger partial charge in [-0.3, -0.25) is 14.4 Å². The van der Waals surface area contributed by atoms with Gasteiger partial charge in [-0.1, -0.05) is 36.7 Å². The predicted molar refractivity (Wildman–Crippen MR) is 135 cm³/mol. The van der Waals surface area contributed by atoms with E-state index in [4.69, 9.17) is 11.6 Å². The van der Waals surface area contributed by atoms with Crippen LogP contribution in [0, 0.1) is 13.8 Å². The van der Waals surface area contributed by atoms with Crippen molar-refractivity contribution in [3.63, 3.8) is 0 Å². The highest BCUT2D eigenvalue weighted by Crippen LogP contribution is 2.31. The molecular formula is C27H24ClN3O3. The van der Waals surface area contributed by atoms with Crippen molar-refractivity contribution in [2.45, 2.75) is 27.2 Å². The molecule has 6 nitrogen and oxygen atoms in total. The number of rotatable bonds is 6. The molecule has 3 aromatic rings. The van der Waals surface area contributed by atoms with Gasteiger partial charge in [0.2, 0.25) is 0 Å². The molecule has 0 saturated carbocycles. The van der Waals surface area contributed by atoms with Crippen LogP contribution in [0.4, 0.5) is 17.1 Å². The van der Waals surface area contributed by atoms with Gasteiger partial charge in [0.05, 0.1) is 5.69 Å². The van der Waals surface area contributed by atoms with Crippen molar-refractivity contribution < 1.29 is 14.4 Å². The number of carbonyl (C=O) groups excluding carboxylic acids is 3. The Morgan fingerprint density at radius 1 is 0.853 bits per heavy atom. The number of amides is 3. The molecule has 0 aliphatic carbocycles. The van der Waals surface area contributed by atoms with E-state index < -0.39 is 11.8 Å². The molecule has 0 radical (unpaired) electrons. The topological polar surface area (TPSA) is 78.5 Å². The Balaban J connectivity index is 1.47. The first kappa shape index (κ1) is 23.3. The van der Waals surface area contributed by atoms with Gasteiger partial charge < -0.3 is 10.6 Å². The third-order valence-corrected chi connectivity index (χ3v) is 5.88. The monoisotopic (exact) mass is 473 g/mol. The van der Waals surface area contributed by atoms with Crippen molar-refractivity contribution >= 4 is 46.4 Å². The maximum Gasteiger partial charge on any atom is 0.283 e. The molecule has 4 rings (SSSR count). The minimum atomic E-state index is -0.579. The molecule has 172 valence electrons. The minimum Gasteiger partial charge on any atom is -0.350 e. The Labute approximate surface area is 203 Å². The van der Waals surface area contributed by atoms with Crippen LogP contribution in [0.3, 0.4) is 0 Å². The van der Waals surface area contributed by atoms with E-state index in [0.29, 0.717) is 22.6 Å². The highest BCUT2D eigenvalue weighted by atomic mass is 35.5. The SMILES string of the molecule is CCc1ccc(NC(=O)c2ccc(NC3=C(Cl)C(=O)N(c4cc(C)cc(C)c4)C3=O)cc2)cc1. The van der Waals surface area contributed by atoms with Gasteiger partial charge in [-0.25, -0.2) is 4.90 Å². The number of nitrogens with zero attached hydrogens (tertiary/aromatic N) is 1. The lowest BCUT2D eigenvalue weighted by Crippen LogP contribution is -2.32. The first-order valence-corrected chi connectivity index (χ1v) is 11.3. The van der Waals surface area contributed by atoms with Gasteiger partial charge in [-0.2, -0.15) is 0 Å². The summed E-state index contributed by atoms with van der Waals surface area (Å²) in [6, 6.07) is 19.7. The normalized spacial score (nSPS) is 13.5. The van der Waals surface area contributed by atoms with Crippen LogP contribution in [0.2, 0.25) is 0 Å². The maximum absolute atomic E-state index is 13.0. The van der Waals surface area contributed by atoms with Crippen LogP contribution in [0.15, 0.2) is 77.5 Å². The zero-order valence-corrected chi connectivity index (χ0v) is 19.9. The van der Waals surface area contributed by atoms with E-state index in [0.717, 1.165) is 22.4 Å². The van der Waals surface area contributed by atoms with Crippen molar-refractivity contribution in [2.24, 2.45) is 0 Å². The fraction of sp³-hybridized carbons (Fsp3) is 0.148. The molecule has 7 heteroatoms. The Hall–Kier alpha value is -3.90. The summed E-state index contributed by atoms with van der Waals surface area (Å²) < 4.78 is 0. The lowest BCUT2D eigenvalue weighted by Gasteiger charge is -2.16. The number of aryl methyl sites for hydroxylation is 3. The van der Waals surface area contributed by atoms with Gasteiger partial charge in [0.15, 0.2) is 0 Å². The van der Waals surface area contributed by atoms with Gasteiger partial charge >= 0.3 is 0 Å². The number of carbonyl (C=O) groups is 3. The van der Waals surface area contributed by atoms with Crippen molar-refractivity contribution in [2.75, 3.05) is 15.5 Å². The first-order chi connectivity index (χ1) is 16.3. The standard InChI is InChI=1S/C27H24ClN3O3/c1-4-18-5-9-21(10-6-18)30-25(32)19-7-11-20(12-8-19)29-24-23(28)26(33)31(27(24)34)22-14-16(2)13-17(3)15-22/h5-15,29H,4H2,1-3H3,(H,30,32). The molecule has 0 bridgehead atoms. The fourth-order valence-electron chi connectivity index (χ4n) is 3.80. The molecule has 0 unspecified atom stereocenters. The highest BCUT2D eigenvalue weighted by molar-refractivity contribution is 6.53. The lowest BCUT2D eigenvalue weighted by atomic mass is 10.1. The summed E-state index contributed by atoms with van der Waals surface area (Å²) in [6.45, 7) is 5.86. The third kappa shape index (κ3) is 4.72. The number of hydrogen-bond donors (Lipinski definition) is 2. The molecule has 1 aliphatic heterocycles. The number of imide groups is 1. The van der Waals surface area contributed by atoms with Crippen LogP contribution in [-0.4, -0.2) is 17.7 Å². The van der Waals surface area contributed by atoms with Crippen LogP contribution >= 0.6 is 11.6 Å². The Bertz CT molecular complexity index is 1290. The predicted octanol–water partition coefficient (Wildman–Crippen LogP) is 5.55. The molecule has 2 N–H and O–H groups in total. The average molecular weight is 474 g/mol. The fourth-order valence-corrected chi connectivity index (χ4v) is 4.01. The molecule has 1 heterocycles. The van der Waals surface area contributed by atoms with E-state index in [9.17, 15) is 14.4 Å². The summed E-state index contributed by atoms with van der Waals surface area (Å²) in [7, 11) is 0. The van der Waals surface area contributed by atoms with Crippen molar-refractivity contribution in [3.8, 4) is 0 Å². The van der Waals surface area contributed by atoms with Gasteiger partial charge in [0.1, 0.15) is 10.7 Å². The highest BCUT2D eigenvalue weighted by Gasteiger charge is 2.39. The summed E-state index contributed by atoms with van der Waals surface area (Å²) in [5, 5.41) is 5.61. The van der Waals surface area contributed by atoms with Crippen LogP contribution in [0.25, 0.3) is 0 Å². The minimum absolute atomic E-state index is 0.000888. The maximum atomic E-state index is 13.0. The largest absolute Gasteiger partial charge is 0.350 e. The molecule has 0 aromatic heterocycles. The average Bonchev–Trinajstić information content (AvgIpc) is 3.02. The van der Waals surface area contributed by atoms with Gasteiger partial charge in [0, 0.05) is 16.9 Å². The van der Waals surface area contributed by atoms with Crippen LogP contribution in [-0.2, 0) is 16.0 Å². The van der Waals surface area contributed by atoms with E-state index in [1.165, 1.54) is 5.56 Å². The zero-order chi connectivity index (χ0) is 24.4. The van der Waals surface area contributed by atoms with E-state index in [1.54, 1.807) is 36.4 Å². The number of hydrogen-bond acceptors (Lipinski definition) is 4. The van der Waals surface area contributed by atoms with Gasteiger partial charge in [-0.05, 0) is 85.5 Å². The summed E-state index contributed by atoms with van der Waals surface area (Å²) in [5.74, 6) is -1.36. The molecule has 0 fully saturated rings. The Kier molecular flexibility index (Phi) is 6.52. The Morgan fingerprint density at radius 2 is 1.44 bits per heavy atom. The van der Waals surface area contributed by atoms with Gasteiger partial charge in [-0.15, -0.1) is 0 Å². The lowest BCUT2D eigenvalue weighted by molar-refractivity contribution is -0.120. The van der Waals surface area contributed by atoms with Crippen LogP contribution < -0.4 is 15.5 Å². The van der Waals surface area contributed by atoms with E-state index in [1.807, 2.05) is 44.2 Å². The molecule has 1 aliphatic rings. The third-order valence-electron chi connectivity index (χ3n) is 5.53. The van der Waals surface area contributed by atoms with E-state index in [-0.39, 0.29) is 16.6 Å². The van der Waals surface area contributed by atoms with Crippen molar-refractivity contribution in [1.29, 1.82) is 0 Å². The number of anilines is 3. The molecule has 0 spiro atoms. The van der Waals surface area contributed by atoms with Crippen LogP contribution in [0.1, 0.15) is 34.0 Å². The molecule has 3 amide bonds. The number of halogens is 1. The van der Waals surface area contributed by atoms with E-state index in [2.05, 4.69) is 17.6 Å². The molecule has 0 atom stereocenters. The number of nitrogens with one attached hydrogen (secondary N) is 2. The van der Waals surface area contributed by atoms with Crippen LogP contribution in [0.5, 0.6) is 0 Å². The second-order valence-electron chi connectivity index (χ2n) is 8.19. The summed E-state index contributed by atoms with van der Waals surface area (Å²) in [6.07, 6.45) is 0.930. The number of benzene rings is 3. The van der Waals surface area contributed by atoms with Crippen molar-refractivity contribution in [1.82, 2.24) is 0 Å². The van der Waals surface area contributed by atoms with Crippen molar-refractivity contribution in [3.05, 3.63) is 99.7 Å². The molecule has 0 saturated heterocycles. The zero-order valence-electron chi connectivity index (χ0n) is 19.1.